The van der Waals surface area contributed by atoms with Crippen LogP contribution in [0, 0.1) is 15.9 Å². The first kappa shape index (κ1) is 23.3. The summed E-state index contributed by atoms with van der Waals surface area (Å²) < 4.78 is 18.7. The number of anilines is 1. The first-order chi connectivity index (χ1) is 16.8. The summed E-state index contributed by atoms with van der Waals surface area (Å²) in [5.74, 6) is -1.94. The molecule has 0 bridgehead atoms. The molecule has 0 atom stereocenters. The van der Waals surface area contributed by atoms with Gasteiger partial charge in [-0.3, -0.25) is 14.9 Å². The molecule has 1 aliphatic heterocycles. The minimum atomic E-state index is -1.42. The van der Waals surface area contributed by atoms with Gasteiger partial charge in [-0.2, -0.15) is 10.1 Å². The van der Waals surface area contributed by atoms with Crippen LogP contribution < -0.4 is 9.75 Å². The molecule has 1 aliphatic rings. The largest absolute Gasteiger partial charge is 0.496 e. The van der Waals surface area contributed by atoms with Gasteiger partial charge >= 0.3 is 5.97 Å². The van der Waals surface area contributed by atoms with Crippen molar-refractivity contribution < 1.29 is 28.7 Å². The fraction of sp³-hybridized carbons (Fsp3) is 0.0800. The highest BCUT2D eigenvalue weighted by molar-refractivity contribution is 6.53. The number of halogens is 1. The Hall–Kier alpha value is -4.86. The first-order valence-corrected chi connectivity index (χ1v) is 10.3. The molecule has 176 valence electrons. The second-order valence-corrected chi connectivity index (χ2v) is 7.58. The number of hydrazone groups is 1. The zero-order chi connectivity index (χ0) is 25.1. The Labute approximate surface area is 198 Å². The van der Waals surface area contributed by atoms with Crippen molar-refractivity contribution in [1.29, 1.82) is 0 Å². The smallest absolute Gasteiger partial charge is 0.357 e. The number of methoxy groups -OCH3 is 1. The fourth-order valence-corrected chi connectivity index (χ4v) is 3.63. The van der Waals surface area contributed by atoms with Crippen molar-refractivity contribution >= 4 is 35.0 Å². The Morgan fingerprint density at radius 1 is 1.17 bits per heavy atom. The summed E-state index contributed by atoms with van der Waals surface area (Å²) in [6.07, 6.45) is 1.80. The van der Waals surface area contributed by atoms with Crippen LogP contribution in [0.15, 0.2) is 77.4 Å². The third-order valence-electron chi connectivity index (χ3n) is 5.29. The summed E-state index contributed by atoms with van der Waals surface area (Å²) in [6.45, 7) is 0. The molecule has 0 spiro atoms. The molecule has 10 heteroatoms. The van der Waals surface area contributed by atoms with E-state index in [2.05, 4.69) is 5.10 Å². The second-order valence-electron chi connectivity index (χ2n) is 7.58. The van der Waals surface area contributed by atoms with Gasteiger partial charge in [0.25, 0.3) is 11.6 Å². The Bertz CT molecular complexity index is 1400. The van der Waals surface area contributed by atoms with Crippen molar-refractivity contribution in [2.24, 2.45) is 5.10 Å². The van der Waals surface area contributed by atoms with Crippen molar-refractivity contribution in [3.05, 3.63) is 105 Å². The van der Waals surface area contributed by atoms with Gasteiger partial charge in [0.15, 0.2) is 5.71 Å². The number of nitrogens with zero attached hydrogens (tertiary/aromatic N) is 3. The van der Waals surface area contributed by atoms with Gasteiger partial charge in [-0.15, -0.1) is 0 Å². The predicted molar refractivity (Wildman–Crippen MR) is 126 cm³/mol. The highest BCUT2D eigenvalue weighted by atomic mass is 19.1. The number of carboxylic acid groups (broad SMARTS) is 1. The molecule has 4 rings (SSSR count). The van der Waals surface area contributed by atoms with Gasteiger partial charge in [-0.1, -0.05) is 24.3 Å². The molecule has 0 aromatic heterocycles. The lowest BCUT2D eigenvalue weighted by Gasteiger charge is -2.12. The zero-order valence-electron chi connectivity index (χ0n) is 18.3. The van der Waals surface area contributed by atoms with Crippen LogP contribution in [0.25, 0.3) is 6.08 Å². The van der Waals surface area contributed by atoms with Crippen LogP contribution in [-0.4, -0.2) is 34.7 Å². The summed E-state index contributed by atoms with van der Waals surface area (Å²) in [5.41, 5.74) is 1.22. The molecule has 0 fully saturated rings. The molecule has 3 aromatic rings. The summed E-state index contributed by atoms with van der Waals surface area (Å²) in [4.78, 5) is 35.4. The maximum atomic E-state index is 13.3. The van der Waals surface area contributed by atoms with Crippen molar-refractivity contribution in [3.63, 3.8) is 0 Å². The number of nitro benzene ring substituents is 1. The van der Waals surface area contributed by atoms with Gasteiger partial charge < -0.3 is 9.84 Å². The zero-order valence-corrected chi connectivity index (χ0v) is 18.3. The predicted octanol–water partition coefficient (Wildman–Crippen LogP) is 4.20. The van der Waals surface area contributed by atoms with Crippen LogP contribution in [0.5, 0.6) is 5.75 Å². The maximum absolute atomic E-state index is 13.3. The van der Waals surface area contributed by atoms with Crippen molar-refractivity contribution in [1.82, 2.24) is 0 Å². The third kappa shape index (κ3) is 4.91. The minimum Gasteiger partial charge on any atom is -0.496 e. The number of hydrogen-bond acceptors (Lipinski definition) is 6. The first-order valence-electron chi connectivity index (χ1n) is 10.3. The maximum Gasteiger partial charge on any atom is 0.357 e. The van der Waals surface area contributed by atoms with Crippen LogP contribution in [-0.2, 0) is 16.0 Å². The standard InChI is InChI=1S/C25H18FN3O6/c1-35-22-10-7-16(12-17(22)11-15-5-8-18(26)9-6-15)13-21-23(25(31)32)27-28(24(21)30)19-3-2-4-20(14-19)29(33)34/h2-10,12-14H,11H2,1H3,(H,31,32)/b21-13-. The Kier molecular flexibility index (Phi) is 6.36. The van der Waals surface area contributed by atoms with Gasteiger partial charge in [-0.25, -0.2) is 9.18 Å². The van der Waals surface area contributed by atoms with Gasteiger partial charge in [-0.05, 0) is 53.1 Å². The second kappa shape index (κ2) is 9.56. The van der Waals surface area contributed by atoms with E-state index in [-0.39, 0.29) is 22.8 Å². The minimum absolute atomic E-state index is 0.0677. The van der Waals surface area contributed by atoms with E-state index in [0.29, 0.717) is 17.7 Å². The molecule has 1 N–H and O–H groups in total. The number of ether oxygens (including phenoxy) is 1. The molecule has 9 nitrogen and oxygen atoms in total. The monoisotopic (exact) mass is 475 g/mol. The van der Waals surface area contributed by atoms with Crippen LogP contribution >= 0.6 is 0 Å². The van der Waals surface area contributed by atoms with E-state index in [9.17, 15) is 29.2 Å². The molecule has 3 aromatic carbocycles. The van der Waals surface area contributed by atoms with E-state index in [1.54, 1.807) is 30.3 Å². The summed E-state index contributed by atoms with van der Waals surface area (Å²) >= 11 is 0. The van der Waals surface area contributed by atoms with Crippen molar-refractivity contribution in [2.45, 2.75) is 6.42 Å². The number of carbonyl (C=O) groups excluding carboxylic acids is 1. The topological polar surface area (TPSA) is 122 Å². The lowest BCUT2D eigenvalue weighted by Crippen LogP contribution is -2.22. The highest BCUT2D eigenvalue weighted by Crippen LogP contribution is 2.29. The summed E-state index contributed by atoms with van der Waals surface area (Å²) in [5, 5.41) is 25.4. The number of aliphatic carboxylic acids is 1. The number of nitro groups is 1. The molecule has 35 heavy (non-hydrogen) atoms. The normalized spacial score (nSPS) is 14.2. The lowest BCUT2D eigenvalue weighted by atomic mass is 9.99. The number of carbonyl (C=O) groups is 2. The molecule has 0 saturated carbocycles. The third-order valence-corrected chi connectivity index (χ3v) is 5.29. The van der Waals surface area contributed by atoms with Crippen molar-refractivity contribution in [3.8, 4) is 5.75 Å². The highest BCUT2D eigenvalue weighted by Gasteiger charge is 2.35. The molecule has 0 unspecified atom stereocenters. The molecule has 1 heterocycles. The Morgan fingerprint density at radius 3 is 2.57 bits per heavy atom. The van der Waals surface area contributed by atoms with E-state index in [1.165, 1.54) is 43.5 Å². The van der Waals surface area contributed by atoms with Gasteiger partial charge in [0.05, 0.1) is 23.3 Å². The molecule has 0 saturated heterocycles. The molecular formula is C25H18FN3O6. The van der Waals surface area contributed by atoms with Gasteiger partial charge in [0.2, 0.25) is 0 Å². The Morgan fingerprint density at radius 2 is 1.91 bits per heavy atom. The number of benzene rings is 3. The number of carboxylic acids is 1. The molecule has 0 aliphatic carbocycles. The van der Waals surface area contributed by atoms with Crippen LogP contribution in [0.2, 0.25) is 0 Å². The number of non-ortho nitro benzene ring substituents is 1. The van der Waals surface area contributed by atoms with Crippen LogP contribution in [0.3, 0.4) is 0 Å². The van der Waals surface area contributed by atoms with E-state index >= 15 is 0 Å². The number of amides is 1. The lowest BCUT2D eigenvalue weighted by molar-refractivity contribution is -0.384. The van der Waals surface area contributed by atoms with E-state index in [0.717, 1.165) is 22.2 Å². The SMILES string of the molecule is COc1ccc(/C=C2\C(=O)N(c3cccc([N+](=O)[O-])c3)N=C2C(=O)O)cc1Cc1ccc(F)cc1. The number of rotatable bonds is 7. The quantitative estimate of drug-likeness (QED) is 0.310. The van der Waals surface area contributed by atoms with E-state index in [1.807, 2.05) is 0 Å². The average Bonchev–Trinajstić information content (AvgIpc) is 3.17. The van der Waals surface area contributed by atoms with Crippen LogP contribution in [0.4, 0.5) is 15.8 Å². The molecule has 1 amide bonds. The molecular weight excluding hydrogens is 457 g/mol. The van der Waals surface area contributed by atoms with Gasteiger partial charge in [0.1, 0.15) is 11.6 Å². The van der Waals surface area contributed by atoms with E-state index < -0.39 is 22.5 Å². The fourth-order valence-electron chi connectivity index (χ4n) is 3.63. The van der Waals surface area contributed by atoms with Crippen molar-refractivity contribution in [2.75, 3.05) is 12.1 Å². The molecule has 0 radical (unpaired) electrons. The average molecular weight is 475 g/mol. The van der Waals surface area contributed by atoms with Crippen LogP contribution in [0.1, 0.15) is 16.7 Å². The summed E-state index contributed by atoms with van der Waals surface area (Å²) in [7, 11) is 1.51. The summed E-state index contributed by atoms with van der Waals surface area (Å²) in [6, 6.07) is 16.3. The Balaban J connectivity index is 1.71. The number of hydrogen-bond donors (Lipinski definition) is 1. The van der Waals surface area contributed by atoms with Gasteiger partial charge in [0, 0.05) is 18.6 Å². The van der Waals surface area contributed by atoms with E-state index in [4.69, 9.17) is 4.74 Å².